The van der Waals surface area contributed by atoms with Crippen LogP contribution in [-0.2, 0) is 23.7 Å². The maximum atomic E-state index is 13.0. The average molecular weight is 501 g/mol. The lowest BCUT2D eigenvalue weighted by Crippen LogP contribution is -2.63. The van der Waals surface area contributed by atoms with Crippen molar-refractivity contribution >= 4 is 11.9 Å². The summed E-state index contributed by atoms with van der Waals surface area (Å²) in [6, 6.07) is 24.7. The van der Waals surface area contributed by atoms with Gasteiger partial charge in [-0.3, -0.25) is 0 Å². The van der Waals surface area contributed by atoms with Gasteiger partial charge in [-0.1, -0.05) is 71.8 Å². The molecule has 0 N–H and O–H groups in total. The van der Waals surface area contributed by atoms with Gasteiger partial charge in [-0.15, -0.1) is 0 Å². The minimum absolute atomic E-state index is 0.0615. The maximum Gasteiger partial charge on any atom is 0.340 e. The number of azide groups is 1. The molecule has 3 aromatic rings. The minimum Gasteiger partial charge on any atom is -0.455 e. The van der Waals surface area contributed by atoms with E-state index in [9.17, 15) is 15.1 Å². The molecule has 6 atom stereocenters. The van der Waals surface area contributed by atoms with E-state index in [1.54, 1.807) is 60.7 Å². The molecule has 0 radical (unpaired) electrons. The second kappa shape index (κ2) is 11.2. The van der Waals surface area contributed by atoms with Gasteiger partial charge in [-0.2, -0.15) is 0 Å². The van der Waals surface area contributed by atoms with Crippen molar-refractivity contribution in [2.45, 2.75) is 36.9 Å². The van der Waals surface area contributed by atoms with E-state index < -0.39 is 48.9 Å². The quantitative estimate of drug-likeness (QED) is 0.209. The molecule has 2 aliphatic rings. The van der Waals surface area contributed by atoms with Gasteiger partial charge in [0, 0.05) is 10.5 Å². The molecule has 0 spiro atoms. The van der Waals surface area contributed by atoms with Crippen LogP contribution < -0.4 is 0 Å². The van der Waals surface area contributed by atoms with Gasteiger partial charge in [0.25, 0.3) is 0 Å². The summed E-state index contributed by atoms with van der Waals surface area (Å²) < 4.78 is 29.5. The van der Waals surface area contributed by atoms with Crippen molar-refractivity contribution in [3.63, 3.8) is 0 Å². The first-order chi connectivity index (χ1) is 18.1. The van der Waals surface area contributed by atoms with E-state index in [1.165, 1.54) is 0 Å². The second-order valence-electron chi connectivity index (χ2n) is 8.42. The van der Waals surface area contributed by atoms with E-state index in [1.807, 2.05) is 30.3 Å². The fourth-order valence-electron chi connectivity index (χ4n) is 4.27. The highest BCUT2D eigenvalue weighted by atomic mass is 16.8. The van der Waals surface area contributed by atoms with Gasteiger partial charge in [-0.05, 0) is 29.8 Å². The highest BCUT2D eigenvalue weighted by Gasteiger charge is 2.53. The number of carbonyl (C=O) groups is 2. The SMILES string of the molecule is [N-]=[N+]=N[C@H]1[C@H](OC(=O)c2ccccc2)O[C@@H]2CO[C@@H](c3ccccc3)O[C@H]2[C@@H]1OC(=O)c1ccccc1. The van der Waals surface area contributed by atoms with Crippen molar-refractivity contribution in [2.75, 3.05) is 6.61 Å². The number of rotatable bonds is 6. The summed E-state index contributed by atoms with van der Waals surface area (Å²) in [5.74, 6) is -1.33. The van der Waals surface area contributed by atoms with Crippen molar-refractivity contribution in [1.82, 2.24) is 0 Å². The summed E-state index contributed by atoms with van der Waals surface area (Å²) in [7, 11) is 0. The van der Waals surface area contributed by atoms with Crippen LogP contribution in [0.1, 0.15) is 32.6 Å². The molecular formula is C27H23N3O7. The Bertz CT molecular complexity index is 1270. The number of hydrogen-bond donors (Lipinski definition) is 0. The third-order valence-electron chi connectivity index (χ3n) is 6.05. The van der Waals surface area contributed by atoms with Crippen molar-refractivity contribution < 1.29 is 33.3 Å². The summed E-state index contributed by atoms with van der Waals surface area (Å²) >= 11 is 0. The first-order valence-corrected chi connectivity index (χ1v) is 11.7. The summed E-state index contributed by atoms with van der Waals surface area (Å²) in [4.78, 5) is 28.8. The first kappa shape index (κ1) is 24.5. The topological polar surface area (TPSA) is 129 Å². The fourth-order valence-corrected chi connectivity index (χ4v) is 4.27. The Kier molecular flexibility index (Phi) is 7.43. The van der Waals surface area contributed by atoms with Gasteiger partial charge in [0.1, 0.15) is 24.4 Å². The van der Waals surface area contributed by atoms with Crippen LogP contribution in [0.5, 0.6) is 0 Å². The van der Waals surface area contributed by atoms with E-state index in [-0.39, 0.29) is 12.2 Å². The van der Waals surface area contributed by atoms with Crippen LogP contribution in [-0.4, -0.2) is 49.2 Å². The Balaban J connectivity index is 1.45. The lowest BCUT2D eigenvalue weighted by atomic mass is 9.95. The Hall–Kier alpha value is -4.21. The largest absolute Gasteiger partial charge is 0.455 e. The van der Waals surface area contributed by atoms with Gasteiger partial charge in [0.05, 0.1) is 17.7 Å². The third-order valence-corrected chi connectivity index (χ3v) is 6.05. The van der Waals surface area contributed by atoms with Gasteiger partial charge in [0.2, 0.25) is 6.29 Å². The predicted molar refractivity (Wildman–Crippen MR) is 129 cm³/mol. The average Bonchev–Trinajstić information content (AvgIpc) is 2.96. The molecule has 2 heterocycles. The molecule has 2 fully saturated rings. The Morgan fingerprint density at radius 2 is 1.38 bits per heavy atom. The zero-order valence-corrected chi connectivity index (χ0v) is 19.5. The minimum atomic E-state index is -1.35. The van der Waals surface area contributed by atoms with Crippen LogP contribution in [0.25, 0.3) is 10.4 Å². The summed E-state index contributed by atoms with van der Waals surface area (Å²) in [5.41, 5.74) is 10.7. The van der Waals surface area contributed by atoms with Crippen LogP contribution >= 0.6 is 0 Å². The lowest BCUT2D eigenvalue weighted by Gasteiger charge is -2.47. The predicted octanol–water partition coefficient (Wildman–Crippen LogP) is 4.59. The van der Waals surface area contributed by atoms with Crippen LogP contribution in [0, 0.1) is 0 Å². The molecule has 0 aliphatic carbocycles. The van der Waals surface area contributed by atoms with E-state index in [0.29, 0.717) is 5.56 Å². The fraction of sp³-hybridized carbons (Fsp3) is 0.259. The molecule has 10 heteroatoms. The Labute approximate surface area is 212 Å². The maximum absolute atomic E-state index is 13.0. The van der Waals surface area contributed by atoms with E-state index >= 15 is 0 Å². The third kappa shape index (κ3) is 5.47. The molecule has 10 nitrogen and oxygen atoms in total. The molecule has 2 saturated heterocycles. The first-order valence-electron chi connectivity index (χ1n) is 11.7. The standard InChI is InChI=1S/C27H23N3O7/c28-30-29-21-23(35-24(31)17-10-4-1-5-11-17)22-20(16-33-26(36-22)19-14-8-3-9-15-19)34-27(21)37-25(32)18-12-6-2-7-13-18/h1-15,20-23,26-27H,16H2/t20-,21-,22-,23-,26-,27+/m1/s1. The van der Waals surface area contributed by atoms with Crippen LogP contribution in [0.15, 0.2) is 96.1 Å². The molecule has 2 aliphatic heterocycles. The number of benzene rings is 3. The Morgan fingerprint density at radius 3 is 1.97 bits per heavy atom. The van der Waals surface area contributed by atoms with Crippen molar-refractivity contribution in [3.05, 3.63) is 118 Å². The smallest absolute Gasteiger partial charge is 0.340 e. The van der Waals surface area contributed by atoms with Gasteiger partial charge in [0.15, 0.2) is 6.29 Å². The van der Waals surface area contributed by atoms with Crippen LogP contribution in [0.3, 0.4) is 0 Å². The molecular weight excluding hydrogens is 478 g/mol. The number of fused-ring (bicyclic) bond motifs is 1. The Morgan fingerprint density at radius 1 is 0.811 bits per heavy atom. The summed E-state index contributed by atoms with van der Waals surface area (Å²) in [6.45, 7) is 0.0615. The number of nitrogens with zero attached hydrogens (tertiary/aromatic N) is 3. The monoisotopic (exact) mass is 501 g/mol. The highest BCUT2D eigenvalue weighted by Crippen LogP contribution is 2.37. The van der Waals surface area contributed by atoms with Gasteiger partial charge < -0.3 is 23.7 Å². The zero-order chi connectivity index (χ0) is 25.6. The number of ether oxygens (including phenoxy) is 5. The lowest BCUT2D eigenvalue weighted by molar-refractivity contribution is -0.334. The molecule has 5 rings (SSSR count). The number of hydrogen-bond acceptors (Lipinski definition) is 8. The van der Waals surface area contributed by atoms with E-state index in [0.717, 1.165) is 5.56 Å². The molecule has 188 valence electrons. The zero-order valence-electron chi connectivity index (χ0n) is 19.5. The summed E-state index contributed by atoms with van der Waals surface area (Å²) in [5, 5.41) is 3.81. The molecule has 0 aromatic heterocycles. The number of carbonyl (C=O) groups excluding carboxylic acids is 2. The molecule has 37 heavy (non-hydrogen) atoms. The van der Waals surface area contributed by atoms with Crippen molar-refractivity contribution in [1.29, 1.82) is 0 Å². The summed E-state index contributed by atoms with van der Waals surface area (Å²) in [6.07, 6.45) is -4.88. The second-order valence-corrected chi connectivity index (χ2v) is 8.42. The van der Waals surface area contributed by atoms with Crippen molar-refractivity contribution in [3.8, 4) is 0 Å². The molecule has 0 amide bonds. The number of esters is 2. The van der Waals surface area contributed by atoms with Gasteiger partial charge in [-0.25, -0.2) is 9.59 Å². The van der Waals surface area contributed by atoms with Gasteiger partial charge >= 0.3 is 11.9 Å². The molecule has 0 unspecified atom stereocenters. The highest BCUT2D eigenvalue weighted by molar-refractivity contribution is 5.90. The van der Waals surface area contributed by atoms with Crippen LogP contribution in [0.4, 0.5) is 0 Å². The normalized spacial score (nSPS) is 26.7. The van der Waals surface area contributed by atoms with E-state index in [4.69, 9.17) is 23.7 Å². The molecule has 3 aromatic carbocycles. The molecule has 0 bridgehead atoms. The van der Waals surface area contributed by atoms with Crippen LogP contribution in [0.2, 0.25) is 0 Å². The van der Waals surface area contributed by atoms with Crippen molar-refractivity contribution in [2.24, 2.45) is 5.11 Å². The van der Waals surface area contributed by atoms with E-state index in [2.05, 4.69) is 10.0 Å². The molecule has 0 saturated carbocycles.